The van der Waals surface area contributed by atoms with Crippen molar-refractivity contribution in [3.05, 3.63) is 57.9 Å². The van der Waals surface area contributed by atoms with Gasteiger partial charge in [0.1, 0.15) is 5.75 Å². The smallest absolute Gasteiger partial charge is 0.334 e. The summed E-state index contributed by atoms with van der Waals surface area (Å²) in [5.41, 5.74) is 4.06. The van der Waals surface area contributed by atoms with Gasteiger partial charge in [0.2, 0.25) is 5.88 Å². The molecule has 7 heteroatoms. The number of carboxylic acids is 1. The summed E-state index contributed by atoms with van der Waals surface area (Å²) in [5, 5.41) is 22.5. The average molecular weight is 393 g/mol. The molecule has 0 saturated carbocycles. The van der Waals surface area contributed by atoms with Crippen molar-refractivity contribution in [2.45, 2.75) is 39.7 Å². The number of methoxy groups -OCH3 is 1. The quantitative estimate of drug-likeness (QED) is 0.792. The number of ether oxygens (including phenoxy) is 2. The maximum absolute atomic E-state index is 12.2. The van der Waals surface area contributed by atoms with Crippen LogP contribution in [0.2, 0.25) is 0 Å². The second-order valence-corrected chi connectivity index (χ2v) is 7.17. The van der Waals surface area contributed by atoms with E-state index in [0.717, 1.165) is 11.3 Å². The van der Waals surface area contributed by atoms with Crippen LogP contribution in [0.15, 0.2) is 35.7 Å². The molecule has 29 heavy (non-hydrogen) atoms. The molecule has 3 rings (SSSR count). The van der Waals surface area contributed by atoms with Gasteiger partial charge < -0.3 is 19.9 Å². The molecule has 150 valence electrons. The monoisotopic (exact) mass is 393 g/mol. The number of carbonyl (C=O) groups is 1. The molecule has 0 radical (unpaired) electrons. The summed E-state index contributed by atoms with van der Waals surface area (Å²) >= 11 is 0. The lowest BCUT2D eigenvalue weighted by Crippen LogP contribution is -2.25. The van der Waals surface area contributed by atoms with Crippen LogP contribution in [0, 0.1) is 18.3 Å². The second-order valence-electron chi connectivity index (χ2n) is 7.17. The van der Waals surface area contributed by atoms with Crippen LogP contribution in [0.1, 0.15) is 48.9 Å². The Morgan fingerprint density at radius 1 is 1.34 bits per heavy atom. The zero-order chi connectivity index (χ0) is 21.3. The van der Waals surface area contributed by atoms with Gasteiger partial charge in [-0.15, -0.1) is 0 Å². The molecule has 1 atom stereocenters. The predicted molar refractivity (Wildman–Crippen MR) is 108 cm³/mol. The van der Waals surface area contributed by atoms with E-state index in [9.17, 15) is 15.2 Å². The maximum atomic E-state index is 12.2. The number of rotatable bonds is 5. The number of aryl methyl sites for hydroxylation is 1. The van der Waals surface area contributed by atoms with E-state index in [0.29, 0.717) is 34.0 Å². The van der Waals surface area contributed by atoms with Crippen molar-refractivity contribution in [2.75, 3.05) is 12.4 Å². The molecule has 7 nitrogen and oxygen atoms in total. The highest BCUT2D eigenvalue weighted by Crippen LogP contribution is 2.49. The summed E-state index contributed by atoms with van der Waals surface area (Å²) in [6, 6.07) is 7.08. The summed E-state index contributed by atoms with van der Waals surface area (Å²) in [6.07, 6.45) is 1.56. The number of pyridine rings is 1. The standard InChI is InChI=1S/C22H23N3O4/c1-11(2)29-21-19-18(15-7-6-14(9-23)8-16(15)28-5)17(22(26)27)13(4)25-20(19)12(3)10-24-21/h6-8,10-11,18,25H,1-5H3,(H,26,27). The number of fused-ring (bicyclic) bond motifs is 1. The molecule has 0 bridgehead atoms. The van der Waals surface area contributed by atoms with Crippen molar-refractivity contribution >= 4 is 11.7 Å². The summed E-state index contributed by atoms with van der Waals surface area (Å²) in [5.74, 6) is -0.914. The zero-order valence-corrected chi connectivity index (χ0v) is 17.0. The number of benzene rings is 1. The van der Waals surface area contributed by atoms with Crippen LogP contribution in [0.5, 0.6) is 11.6 Å². The first-order valence-electron chi connectivity index (χ1n) is 9.23. The minimum atomic E-state index is -1.05. The molecule has 0 amide bonds. The fourth-order valence-electron chi connectivity index (χ4n) is 3.59. The molecule has 0 saturated heterocycles. The van der Waals surface area contributed by atoms with E-state index in [1.54, 1.807) is 31.3 Å². The van der Waals surface area contributed by atoms with Crippen molar-refractivity contribution in [3.8, 4) is 17.7 Å². The third-order valence-corrected chi connectivity index (χ3v) is 4.81. The van der Waals surface area contributed by atoms with Gasteiger partial charge in [-0.3, -0.25) is 0 Å². The van der Waals surface area contributed by atoms with Crippen molar-refractivity contribution in [2.24, 2.45) is 0 Å². The summed E-state index contributed by atoms with van der Waals surface area (Å²) in [6.45, 7) is 7.42. The van der Waals surface area contributed by atoms with Crippen LogP contribution in [0.4, 0.5) is 5.69 Å². The lowest BCUT2D eigenvalue weighted by Gasteiger charge is -2.32. The number of nitrogens with zero attached hydrogens (tertiary/aromatic N) is 2. The highest BCUT2D eigenvalue weighted by atomic mass is 16.5. The third kappa shape index (κ3) is 3.61. The van der Waals surface area contributed by atoms with E-state index >= 15 is 0 Å². The molecule has 2 heterocycles. The Morgan fingerprint density at radius 2 is 2.07 bits per heavy atom. The molecular formula is C22H23N3O4. The minimum Gasteiger partial charge on any atom is -0.496 e. The van der Waals surface area contributed by atoms with Crippen LogP contribution in [0.3, 0.4) is 0 Å². The van der Waals surface area contributed by atoms with Gasteiger partial charge >= 0.3 is 5.97 Å². The Hall–Kier alpha value is -3.53. The Kier molecular flexibility index (Phi) is 5.46. The van der Waals surface area contributed by atoms with Crippen molar-refractivity contribution in [1.82, 2.24) is 4.98 Å². The molecule has 1 aliphatic rings. The lowest BCUT2D eigenvalue weighted by molar-refractivity contribution is -0.133. The first kappa shape index (κ1) is 20.2. The molecule has 2 aromatic rings. The number of anilines is 1. The maximum Gasteiger partial charge on any atom is 0.334 e. The molecule has 1 unspecified atom stereocenters. The Morgan fingerprint density at radius 3 is 2.66 bits per heavy atom. The van der Waals surface area contributed by atoms with E-state index in [-0.39, 0.29) is 11.7 Å². The number of hydrogen-bond donors (Lipinski definition) is 2. The van der Waals surface area contributed by atoms with E-state index in [1.807, 2.05) is 20.8 Å². The van der Waals surface area contributed by atoms with Crippen LogP contribution in [-0.2, 0) is 4.79 Å². The van der Waals surface area contributed by atoms with E-state index < -0.39 is 11.9 Å². The van der Waals surface area contributed by atoms with Crippen LogP contribution >= 0.6 is 0 Å². The van der Waals surface area contributed by atoms with Gasteiger partial charge in [0.05, 0.1) is 47.6 Å². The molecule has 1 aromatic heterocycles. The fourth-order valence-corrected chi connectivity index (χ4v) is 3.59. The molecule has 1 aromatic carbocycles. The fraction of sp³-hybridized carbons (Fsp3) is 0.318. The number of aromatic nitrogens is 1. The number of aliphatic carboxylic acids is 1. The molecule has 0 spiro atoms. The molecule has 0 aliphatic carbocycles. The first-order valence-corrected chi connectivity index (χ1v) is 9.23. The number of nitrogens with one attached hydrogen (secondary N) is 1. The van der Waals surface area contributed by atoms with E-state index in [2.05, 4.69) is 16.4 Å². The molecule has 0 fully saturated rings. The van der Waals surface area contributed by atoms with Crippen molar-refractivity contribution in [1.29, 1.82) is 5.26 Å². The minimum absolute atomic E-state index is 0.141. The average Bonchev–Trinajstić information content (AvgIpc) is 2.68. The predicted octanol–water partition coefficient (Wildman–Crippen LogP) is 3.97. The third-order valence-electron chi connectivity index (χ3n) is 4.81. The van der Waals surface area contributed by atoms with Gasteiger partial charge in [-0.2, -0.15) is 5.26 Å². The highest BCUT2D eigenvalue weighted by molar-refractivity contribution is 5.94. The second kappa shape index (κ2) is 7.84. The number of nitriles is 1. The van der Waals surface area contributed by atoms with Gasteiger partial charge in [0, 0.05) is 17.5 Å². The Labute approximate surface area is 169 Å². The van der Waals surface area contributed by atoms with Gasteiger partial charge in [-0.05, 0) is 45.4 Å². The first-order chi connectivity index (χ1) is 13.8. The van der Waals surface area contributed by atoms with Crippen LogP contribution < -0.4 is 14.8 Å². The van der Waals surface area contributed by atoms with Gasteiger partial charge in [-0.25, -0.2) is 9.78 Å². The largest absolute Gasteiger partial charge is 0.496 e. The van der Waals surface area contributed by atoms with Gasteiger partial charge in [0.15, 0.2) is 0 Å². The number of allylic oxidation sites excluding steroid dienone is 1. The lowest BCUT2D eigenvalue weighted by atomic mass is 9.79. The number of hydrogen-bond acceptors (Lipinski definition) is 6. The Bertz CT molecular complexity index is 1050. The highest BCUT2D eigenvalue weighted by Gasteiger charge is 2.37. The topological polar surface area (TPSA) is 104 Å². The Balaban J connectivity index is 2.37. The van der Waals surface area contributed by atoms with Crippen LogP contribution in [-0.4, -0.2) is 29.3 Å². The van der Waals surface area contributed by atoms with Gasteiger partial charge in [-0.1, -0.05) is 6.07 Å². The van der Waals surface area contributed by atoms with Crippen molar-refractivity contribution in [3.63, 3.8) is 0 Å². The molecule has 1 aliphatic heterocycles. The SMILES string of the molecule is COc1cc(C#N)ccc1C1C(C(=O)O)=C(C)Nc2c(C)cnc(OC(C)C)c21. The van der Waals surface area contributed by atoms with E-state index in [4.69, 9.17) is 9.47 Å². The normalized spacial score (nSPS) is 15.4. The summed E-state index contributed by atoms with van der Waals surface area (Å²) in [4.78, 5) is 16.7. The molecular weight excluding hydrogens is 370 g/mol. The summed E-state index contributed by atoms with van der Waals surface area (Å²) in [7, 11) is 1.50. The number of carboxylic acid groups (broad SMARTS) is 1. The summed E-state index contributed by atoms with van der Waals surface area (Å²) < 4.78 is 11.5. The van der Waals surface area contributed by atoms with E-state index in [1.165, 1.54) is 7.11 Å². The van der Waals surface area contributed by atoms with Crippen LogP contribution in [0.25, 0.3) is 0 Å². The zero-order valence-electron chi connectivity index (χ0n) is 17.0. The van der Waals surface area contributed by atoms with Crippen molar-refractivity contribution < 1.29 is 19.4 Å². The van der Waals surface area contributed by atoms with Gasteiger partial charge in [0.25, 0.3) is 0 Å². The molecule has 2 N–H and O–H groups in total.